The highest BCUT2D eigenvalue weighted by Crippen LogP contribution is 2.56. The molecule has 5 rings (SSSR count). The first-order chi connectivity index (χ1) is 13.4. The molecule has 0 radical (unpaired) electrons. The molecule has 1 heteroatoms. The first-order valence-corrected chi connectivity index (χ1v) is 10.7. The Labute approximate surface area is 175 Å². The van der Waals surface area contributed by atoms with Gasteiger partial charge in [-0.1, -0.05) is 69.7 Å². The molecule has 1 nitrogen and oxygen atoms in total. The predicted molar refractivity (Wildman–Crippen MR) is 124 cm³/mol. The van der Waals surface area contributed by atoms with Crippen LogP contribution >= 0.6 is 0 Å². The summed E-state index contributed by atoms with van der Waals surface area (Å²) in [5, 5.41) is 0. The van der Waals surface area contributed by atoms with Gasteiger partial charge in [-0.2, -0.15) is 0 Å². The molecule has 0 spiro atoms. The molecule has 0 aromatic heterocycles. The van der Waals surface area contributed by atoms with Crippen LogP contribution < -0.4 is 5.73 Å². The first-order valence-electron chi connectivity index (χ1n) is 10.7. The monoisotopic (exact) mass is 381 g/mol. The molecular formula is C28H31N. The van der Waals surface area contributed by atoms with Crippen LogP contribution in [-0.4, -0.2) is 0 Å². The minimum atomic E-state index is -0.333. The highest BCUT2D eigenvalue weighted by molar-refractivity contribution is 5.89. The Bertz CT molecular complexity index is 1190. The van der Waals surface area contributed by atoms with Gasteiger partial charge in [0.05, 0.1) is 0 Å². The number of benzene rings is 3. The molecule has 0 heterocycles. The summed E-state index contributed by atoms with van der Waals surface area (Å²) >= 11 is 0. The van der Waals surface area contributed by atoms with Crippen LogP contribution in [0.2, 0.25) is 0 Å². The molecule has 2 aliphatic rings. The molecule has 2 aliphatic carbocycles. The fraction of sp³-hybridized carbons (Fsp3) is 0.357. The molecule has 2 N–H and O–H groups in total. The summed E-state index contributed by atoms with van der Waals surface area (Å²) in [5.74, 6) is 0. The second-order valence-electron chi connectivity index (χ2n) is 10.7. The average molecular weight is 382 g/mol. The molecular weight excluding hydrogens is 350 g/mol. The van der Waals surface area contributed by atoms with Crippen LogP contribution in [0.1, 0.15) is 74.9 Å². The fourth-order valence-electron chi connectivity index (χ4n) is 5.48. The number of rotatable bonds is 1. The van der Waals surface area contributed by atoms with Crippen LogP contribution in [0.4, 0.5) is 0 Å². The lowest BCUT2D eigenvalue weighted by Crippen LogP contribution is -2.29. The SMILES string of the molecule is Cc1ccc2c(c1)C(C)(C)c1cc3c(cc1-2)C(C)(C)c1cc(C(C)(C)N)ccc1-3. The van der Waals surface area contributed by atoms with Crippen molar-refractivity contribution in [2.45, 2.75) is 64.8 Å². The molecule has 0 amide bonds. The van der Waals surface area contributed by atoms with E-state index in [0.29, 0.717) is 0 Å². The van der Waals surface area contributed by atoms with E-state index in [4.69, 9.17) is 5.73 Å². The lowest BCUT2D eigenvalue weighted by molar-refractivity contribution is 0.551. The standard InChI is InChI=1S/C28H31N/c1-16-8-10-18-20-14-25-21(15-24(20)26(2,3)22(18)12-16)19-11-9-17(28(6,7)29)13-23(19)27(25,4)5/h8-15H,29H2,1-7H3. The molecule has 0 saturated carbocycles. The summed E-state index contributed by atoms with van der Waals surface area (Å²) in [6.07, 6.45) is 0. The van der Waals surface area contributed by atoms with Gasteiger partial charge in [-0.05, 0) is 83.0 Å². The topological polar surface area (TPSA) is 26.0 Å². The average Bonchev–Trinajstić information content (AvgIpc) is 2.99. The third-order valence-electron chi connectivity index (χ3n) is 7.37. The van der Waals surface area contributed by atoms with Gasteiger partial charge in [-0.3, -0.25) is 0 Å². The van der Waals surface area contributed by atoms with Crippen molar-refractivity contribution in [2.24, 2.45) is 5.73 Å². The Balaban J connectivity index is 1.78. The zero-order chi connectivity index (χ0) is 20.9. The third-order valence-corrected chi connectivity index (χ3v) is 7.37. The van der Waals surface area contributed by atoms with Crippen LogP contribution in [0.15, 0.2) is 48.5 Å². The second kappa shape index (κ2) is 5.40. The van der Waals surface area contributed by atoms with Gasteiger partial charge in [0.1, 0.15) is 0 Å². The summed E-state index contributed by atoms with van der Waals surface area (Å²) in [4.78, 5) is 0. The van der Waals surface area contributed by atoms with Crippen LogP contribution in [0.3, 0.4) is 0 Å². The Hall–Kier alpha value is -2.38. The fourth-order valence-corrected chi connectivity index (χ4v) is 5.48. The van der Waals surface area contributed by atoms with Gasteiger partial charge in [0, 0.05) is 16.4 Å². The summed E-state index contributed by atoms with van der Waals surface area (Å²) in [5.41, 5.74) is 19.9. The van der Waals surface area contributed by atoms with Gasteiger partial charge in [0.2, 0.25) is 0 Å². The third kappa shape index (κ3) is 2.37. The normalized spacial score (nSPS) is 17.5. The number of aryl methyl sites for hydroxylation is 1. The van der Waals surface area contributed by atoms with E-state index in [-0.39, 0.29) is 16.4 Å². The lowest BCUT2D eigenvalue weighted by Gasteiger charge is -2.26. The number of hydrogen-bond acceptors (Lipinski definition) is 1. The van der Waals surface area contributed by atoms with E-state index in [1.54, 1.807) is 0 Å². The van der Waals surface area contributed by atoms with Gasteiger partial charge < -0.3 is 5.73 Å². The van der Waals surface area contributed by atoms with E-state index in [9.17, 15) is 0 Å². The summed E-state index contributed by atoms with van der Waals surface area (Å²) in [6.45, 7) is 15.8. The summed E-state index contributed by atoms with van der Waals surface area (Å²) in [7, 11) is 0. The molecule has 0 unspecified atom stereocenters. The van der Waals surface area contributed by atoms with Crippen molar-refractivity contribution < 1.29 is 0 Å². The van der Waals surface area contributed by atoms with E-state index in [2.05, 4.69) is 97.0 Å². The Morgan fingerprint density at radius 3 is 1.59 bits per heavy atom. The molecule has 0 saturated heterocycles. The zero-order valence-electron chi connectivity index (χ0n) is 18.7. The van der Waals surface area contributed by atoms with E-state index in [1.807, 2.05) is 0 Å². The van der Waals surface area contributed by atoms with Crippen molar-refractivity contribution in [3.63, 3.8) is 0 Å². The van der Waals surface area contributed by atoms with Gasteiger partial charge in [-0.25, -0.2) is 0 Å². The van der Waals surface area contributed by atoms with E-state index < -0.39 is 0 Å². The number of fused-ring (bicyclic) bond motifs is 6. The highest BCUT2D eigenvalue weighted by Gasteiger charge is 2.41. The predicted octanol–water partition coefficient (Wildman–Crippen LogP) is 6.80. The Morgan fingerprint density at radius 2 is 1.07 bits per heavy atom. The second-order valence-corrected chi connectivity index (χ2v) is 10.7. The van der Waals surface area contributed by atoms with Crippen LogP contribution in [-0.2, 0) is 16.4 Å². The molecule has 0 fully saturated rings. The molecule has 3 aromatic carbocycles. The summed E-state index contributed by atoms with van der Waals surface area (Å²) in [6, 6.07) is 18.7. The molecule has 148 valence electrons. The molecule has 0 atom stereocenters. The van der Waals surface area contributed by atoms with Crippen LogP contribution in [0.5, 0.6) is 0 Å². The number of hydrogen-bond donors (Lipinski definition) is 1. The zero-order valence-corrected chi connectivity index (χ0v) is 18.7. The van der Waals surface area contributed by atoms with Crippen molar-refractivity contribution in [1.29, 1.82) is 0 Å². The maximum Gasteiger partial charge on any atom is 0.0352 e. The lowest BCUT2D eigenvalue weighted by atomic mass is 9.78. The van der Waals surface area contributed by atoms with Crippen molar-refractivity contribution in [3.05, 3.63) is 81.9 Å². The Kier molecular flexibility index (Phi) is 3.47. The smallest absolute Gasteiger partial charge is 0.0352 e. The molecule has 3 aromatic rings. The largest absolute Gasteiger partial charge is 0.322 e. The summed E-state index contributed by atoms with van der Waals surface area (Å²) < 4.78 is 0. The van der Waals surface area contributed by atoms with E-state index in [0.717, 1.165) is 0 Å². The minimum absolute atomic E-state index is 0.0256. The van der Waals surface area contributed by atoms with Crippen molar-refractivity contribution in [1.82, 2.24) is 0 Å². The van der Waals surface area contributed by atoms with Crippen LogP contribution in [0.25, 0.3) is 22.3 Å². The maximum atomic E-state index is 6.42. The number of nitrogens with two attached hydrogens (primary N) is 1. The van der Waals surface area contributed by atoms with Gasteiger partial charge in [0.25, 0.3) is 0 Å². The molecule has 0 bridgehead atoms. The van der Waals surface area contributed by atoms with Crippen molar-refractivity contribution in [3.8, 4) is 22.3 Å². The maximum absolute atomic E-state index is 6.42. The molecule has 0 aliphatic heterocycles. The Morgan fingerprint density at radius 1 is 0.621 bits per heavy atom. The van der Waals surface area contributed by atoms with E-state index >= 15 is 0 Å². The van der Waals surface area contributed by atoms with Crippen molar-refractivity contribution >= 4 is 0 Å². The van der Waals surface area contributed by atoms with E-state index in [1.165, 1.54) is 55.6 Å². The first kappa shape index (κ1) is 18.6. The van der Waals surface area contributed by atoms with Gasteiger partial charge in [-0.15, -0.1) is 0 Å². The van der Waals surface area contributed by atoms with Crippen LogP contribution in [0, 0.1) is 6.92 Å². The highest BCUT2D eigenvalue weighted by atomic mass is 14.7. The van der Waals surface area contributed by atoms with Crippen molar-refractivity contribution in [2.75, 3.05) is 0 Å². The molecule has 29 heavy (non-hydrogen) atoms. The van der Waals surface area contributed by atoms with Gasteiger partial charge >= 0.3 is 0 Å². The van der Waals surface area contributed by atoms with Gasteiger partial charge in [0.15, 0.2) is 0 Å². The minimum Gasteiger partial charge on any atom is -0.322 e. The quantitative estimate of drug-likeness (QED) is 0.493.